The molecule has 0 radical (unpaired) electrons. The summed E-state index contributed by atoms with van der Waals surface area (Å²) >= 11 is 1.54. The van der Waals surface area contributed by atoms with Gasteiger partial charge in [0.1, 0.15) is 16.3 Å². The lowest BCUT2D eigenvalue weighted by Gasteiger charge is -2.33. The normalized spacial score (nSPS) is 17.3. The van der Waals surface area contributed by atoms with Gasteiger partial charge in [0, 0.05) is 48.1 Å². The van der Waals surface area contributed by atoms with Gasteiger partial charge in [-0.3, -0.25) is 9.78 Å². The third kappa shape index (κ3) is 6.23. The van der Waals surface area contributed by atoms with E-state index in [1.165, 1.54) is 0 Å². The quantitative estimate of drug-likeness (QED) is 0.156. The Morgan fingerprint density at radius 1 is 1.10 bits per heavy atom. The van der Waals surface area contributed by atoms with E-state index in [1.54, 1.807) is 34.1 Å². The van der Waals surface area contributed by atoms with E-state index >= 15 is 0 Å². The molecule has 0 fully saturated rings. The van der Waals surface area contributed by atoms with Crippen molar-refractivity contribution >= 4 is 38.2 Å². The molecule has 9 nitrogen and oxygen atoms in total. The van der Waals surface area contributed by atoms with E-state index < -0.39 is 21.4 Å². The van der Waals surface area contributed by atoms with Crippen molar-refractivity contribution in [3.05, 3.63) is 98.3 Å². The predicted octanol–water partition coefficient (Wildman–Crippen LogP) is 6.97. The molecule has 252 valence electrons. The van der Waals surface area contributed by atoms with Crippen molar-refractivity contribution < 1.29 is 13.2 Å². The Kier molecular flexibility index (Phi) is 9.41. The fraction of sp³-hybridized carbons (Fsp3) is 0.432. The molecule has 0 N–H and O–H groups in total. The molecule has 0 bridgehead atoms. The van der Waals surface area contributed by atoms with Crippen molar-refractivity contribution in [2.75, 3.05) is 6.54 Å². The molecule has 0 spiro atoms. The second kappa shape index (κ2) is 13.2. The molecule has 6 rings (SSSR count). The number of ketones is 1. The molecular weight excluding hydrogens is 641 g/mol. The van der Waals surface area contributed by atoms with Gasteiger partial charge in [-0.15, -0.1) is 16.4 Å². The maximum Gasteiger partial charge on any atom is 0.243 e. The number of benzene rings is 2. The van der Waals surface area contributed by atoms with Crippen molar-refractivity contribution in [2.24, 2.45) is 11.3 Å². The second-order valence-electron chi connectivity index (χ2n) is 13.6. The number of carbonyl (C=O) groups is 1. The average molecular weight is 685 g/mol. The molecule has 4 heterocycles. The maximum absolute atomic E-state index is 14.2. The van der Waals surface area contributed by atoms with Crippen LogP contribution in [-0.2, 0) is 40.7 Å². The Balaban J connectivity index is 1.44. The first-order chi connectivity index (χ1) is 22.8. The van der Waals surface area contributed by atoms with E-state index in [2.05, 4.69) is 28.3 Å². The highest BCUT2D eigenvalue weighted by Gasteiger charge is 2.42. The number of hydrogen-bond donors (Lipinski definition) is 0. The number of rotatable bonds is 10. The van der Waals surface area contributed by atoms with Crippen LogP contribution in [0.1, 0.15) is 83.4 Å². The van der Waals surface area contributed by atoms with E-state index in [1.807, 2.05) is 76.6 Å². The smallest absolute Gasteiger partial charge is 0.243 e. The largest absolute Gasteiger partial charge is 0.299 e. The van der Waals surface area contributed by atoms with Crippen molar-refractivity contribution in [3.63, 3.8) is 0 Å². The SMILES string of the molecule is CC[C@H]1Cc2ccc(C)cc2S(=O)(=O)N(Cc2nc([C@@H](c3ccc4c(nnn4CC)c3C)C(C)(C)C(=O)Cc3cccnc3)sc2C)C1. The van der Waals surface area contributed by atoms with E-state index in [0.29, 0.717) is 18.0 Å². The van der Waals surface area contributed by atoms with Gasteiger partial charge in [-0.05, 0) is 86.1 Å². The summed E-state index contributed by atoms with van der Waals surface area (Å²) < 4.78 is 31.8. The topological polar surface area (TPSA) is 111 Å². The van der Waals surface area contributed by atoms with Crippen LogP contribution < -0.4 is 0 Å². The third-order valence-electron chi connectivity index (χ3n) is 9.99. The molecule has 5 aromatic rings. The van der Waals surface area contributed by atoms with Gasteiger partial charge >= 0.3 is 0 Å². The van der Waals surface area contributed by atoms with E-state index in [0.717, 1.165) is 67.3 Å². The zero-order valence-electron chi connectivity index (χ0n) is 28.8. The number of fused-ring (bicyclic) bond motifs is 2. The van der Waals surface area contributed by atoms with Crippen LogP contribution in [0.5, 0.6) is 0 Å². The number of Topliss-reactive ketones (excluding diaryl/α,β-unsaturated/α-hetero) is 1. The molecule has 0 saturated heterocycles. The van der Waals surface area contributed by atoms with Gasteiger partial charge < -0.3 is 0 Å². The van der Waals surface area contributed by atoms with Crippen LogP contribution in [0.25, 0.3) is 11.0 Å². The molecule has 2 aromatic carbocycles. The van der Waals surface area contributed by atoms with E-state index in [-0.39, 0.29) is 24.7 Å². The highest BCUT2D eigenvalue weighted by molar-refractivity contribution is 7.89. The summed E-state index contributed by atoms with van der Waals surface area (Å²) in [5, 5.41) is 9.66. The van der Waals surface area contributed by atoms with Crippen LogP contribution in [0.4, 0.5) is 0 Å². The first-order valence-electron chi connectivity index (χ1n) is 16.7. The number of hydrogen-bond acceptors (Lipinski definition) is 8. The minimum Gasteiger partial charge on any atom is -0.299 e. The molecule has 0 unspecified atom stereocenters. The Morgan fingerprint density at radius 3 is 2.60 bits per heavy atom. The summed E-state index contributed by atoms with van der Waals surface area (Å²) in [5.74, 6) is -0.132. The molecule has 48 heavy (non-hydrogen) atoms. The molecule has 0 aliphatic carbocycles. The Bertz CT molecular complexity index is 2080. The van der Waals surface area contributed by atoms with Crippen molar-refractivity contribution in [1.82, 2.24) is 29.3 Å². The number of sulfonamides is 1. The van der Waals surface area contributed by atoms with Crippen LogP contribution >= 0.6 is 11.3 Å². The van der Waals surface area contributed by atoms with Gasteiger partial charge in [0.2, 0.25) is 10.0 Å². The predicted molar refractivity (Wildman–Crippen MR) is 190 cm³/mol. The van der Waals surface area contributed by atoms with Gasteiger partial charge in [-0.25, -0.2) is 18.1 Å². The molecule has 1 aliphatic rings. The molecule has 0 amide bonds. The average Bonchev–Trinajstić information content (AvgIpc) is 3.62. The van der Waals surface area contributed by atoms with Gasteiger partial charge in [-0.2, -0.15) is 4.31 Å². The van der Waals surface area contributed by atoms with E-state index in [9.17, 15) is 13.2 Å². The van der Waals surface area contributed by atoms with Gasteiger partial charge in [0.15, 0.2) is 0 Å². The fourth-order valence-electron chi connectivity index (χ4n) is 6.92. The number of thiazole rings is 1. The summed E-state index contributed by atoms with van der Waals surface area (Å²) in [6.07, 6.45) is 5.28. The Labute approximate surface area is 287 Å². The van der Waals surface area contributed by atoms with Crippen molar-refractivity contribution in [1.29, 1.82) is 0 Å². The van der Waals surface area contributed by atoms with Crippen LogP contribution in [-0.4, -0.2) is 50.0 Å². The van der Waals surface area contributed by atoms with Crippen LogP contribution in [0.3, 0.4) is 0 Å². The summed E-state index contributed by atoms with van der Waals surface area (Å²) in [6.45, 7) is 15.4. The first-order valence-corrected chi connectivity index (χ1v) is 18.9. The van der Waals surface area contributed by atoms with Crippen LogP contribution in [0.15, 0.2) is 59.8 Å². The van der Waals surface area contributed by atoms with Gasteiger partial charge in [0.25, 0.3) is 0 Å². The second-order valence-corrected chi connectivity index (χ2v) is 16.8. The van der Waals surface area contributed by atoms with Gasteiger partial charge in [-0.1, -0.05) is 56.7 Å². The number of aromatic nitrogens is 5. The van der Waals surface area contributed by atoms with E-state index in [4.69, 9.17) is 4.98 Å². The number of nitrogens with zero attached hydrogens (tertiary/aromatic N) is 6. The lowest BCUT2D eigenvalue weighted by atomic mass is 9.70. The van der Waals surface area contributed by atoms with Crippen LogP contribution in [0.2, 0.25) is 0 Å². The first kappa shape index (κ1) is 34.1. The van der Waals surface area contributed by atoms with Crippen molar-refractivity contribution in [2.45, 2.75) is 91.6 Å². The summed E-state index contributed by atoms with van der Waals surface area (Å²) in [7, 11) is -3.75. The minimum atomic E-state index is -3.75. The highest BCUT2D eigenvalue weighted by Crippen LogP contribution is 2.46. The number of aryl methyl sites for hydroxylation is 4. The Hall–Kier alpha value is -3.80. The standard InChI is InChI=1S/C37H44N6O3S2/c1-8-26-18-28-13-12-23(3)17-32(28)48(45,46)42(21-26)22-30-25(5)47-36(39-30)34(37(6,7)33(44)19-27-11-10-16-38-20-27)29-14-15-31-35(24(29)4)40-41-43(31)9-2/h10-17,20,26,34H,8-9,18-19,21-22H2,1-7H3/t26-,34+/m0/s1. The lowest BCUT2D eigenvalue weighted by molar-refractivity contribution is -0.127. The van der Waals surface area contributed by atoms with Crippen molar-refractivity contribution in [3.8, 4) is 0 Å². The fourth-order valence-corrected chi connectivity index (χ4v) is 9.95. The summed E-state index contributed by atoms with van der Waals surface area (Å²) in [4.78, 5) is 25.0. The lowest BCUT2D eigenvalue weighted by Crippen LogP contribution is -2.34. The number of pyridine rings is 1. The monoisotopic (exact) mass is 684 g/mol. The number of carbonyl (C=O) groups excluding carboxylic acids is 1. The highest BCUT2D eigenvalue weighted by atomic mass is 32.2. The summed E-state index contributed by atoms with van der Waals surface area (Å²) in [5.41, 5.74) is 6.19. The van der Waals surface area contributed by atoms with Crippen LogP contribution in [0, 0.1) is 32.1 Å². The molecule has 1 aliphatic heterocycles. The maximum atomic E-state index is 14.2. The molecular formula is C37H44N6O3S2. The summed E-state index contributed by atoms with van der Waals surface area (Å²) in [6, 6.07) is 13.6. The zero-order valence-corrected chi connectivity index (χ0v) is 30.5. The third-order valence-corrected chi connectivity index (χ3v) is 13.0. The molecule has 11 heteroatoms. The van der Waals surface area contributed by atoms with Gasteiger partial charge in [0.05, 0.1) is 22.7 Å². The Morgan fingerprint density at radius 2 is 1.90 bits per heavy atom. The molecule has 0 saturated carbocycles. The molecule has 3 aromatic heterocycles. The minimum absolute atomic E-state index is 0.0690. The molecule has 2 atom stereocenters. The zero-order chi connectivity index (χ0) is 34.4.